The van der Waals surface area contributed by atoms with Gasteiger partial charge >= 0.3 is 5.69 Å². The average Bonchev–Trinajstić information content (AvgIpc) is 3.07. The first-order valence-electron chi connectivity index (χ1n) is 9.24. The lowest BCUT2D eigenvalue weighted by atomic mass is 10.1. The van der Waals surface area contributed by atoms with Gasteiger partial charge in [0.1, 0.15) is 12.7 Å². The highest BCUT2D eigenvalue weighted by atomic mass is 16.6. The number of tetrazole rings is 1. The maximum atomic E-state index is 12.2. The molecule has 1 aromatic heterocycles. The molecule has 0 radical (unpaired) electrons. The monoisotopic (exact) mass is 412 g/mol. The van der Waals surface area contributed by atoms with Gasteiger partial charge in [0.15, 0.2) is 0 Å². The lowest BCUT2D eigenvalue weighted by Crippen LogP contribution is -2.23. The number of hydrogen-bond donors (Lipinski definition) is 0. The van der Waals surface area contributed by atoms with Crippen molar-refractivity contribution in [3.63, 3.8) is 0 Å². The van der Waals surface area contributed by atoms with Gasteiger partial charge in [0, 0.05) is 19.0 Å². The molecule has 0 saturated heterocycles. The minimum atomic E-state index is -0.347. The molecule has 158 valence electrons. The molecule has 0 aliphatic heterocycles. The molecule has 0 atom stereocenters. The van der Waals surface area contributed by atoms with Crippen molar-refractivity contribution < 1.29 is 9.57 Å². The summed E-state index contributed by atoms with van der Waals surface area (Å²) < 4.78 is 8.25. The van der Waals surface area contributed by atoms with Crippen LogP contribution in [-0.2, 0) is 23.2 Å². The van der Waals surface area contributed by atoms with Crippen LogP contribution in [0.1, 0.15) is 38.3 Å². The summed E-state index contributed by atoms with van der Waals surface area (Å²) >= 11 is 0. The number of nitrogens with zero attached hydrogens (tertiary/aromatic N) is 8. The second-order valence-corrected chi connectivity index (χ2v) is 6.30. The zero-order valence-corrected chi connectivity index (χ0v) is 17.7. The van der Waals surface area contributed by atoms with Crippen molar-refractivity contribution in [3.8, 4) is 11.8 Å². The van der Waals surface area contributed by atoms with Gasteiger partial charge in [-0.05, 0) is 42.8 Å². The van der Waals surface area contributed by atoms with Gasteiger partial charge in [0.2, 0.25) is 12.5 Å². The Kier molecular flexibility index (Phi) is 7.99. The predicted molar refractivity (Wildman–Crippen MR) is 112 cm³/mol. The van der Waals surface area contributed by atoms with Crippen molar-refractivity contribution in [2.24, 2.45) is 22.4 Å². The van der Waals surface area contributed by atoms with Gasteiger partial charge in [0.05, 0.1) is 17.1 Å². The lowest BCUT2D eigenvalue weighted by molar-refractivity contribution is 0.179. The second-order valence-electron chi connectivity index (χ2n) is 6.30. The maximum absolute atomic E-state index is 12.2. The van der Waals surface area contributed by atoms with Gasteiger partial charge in [-0.3, -0.25) is 0 Å². The number of rotatable bonds is 8. The van der Waals surface area contributed by atoms with E-state index in [2.05, 4.69) is 25.8 Å². The van der Waals surface area contributed by atoms with Crippen LogP contribution >= 0.6 is 0 Å². The Morgan fingerprint density at radius 3 is 2.63 bits per heavy atom. The Balaban J connectivity index is 2.21. The number of benzene rings is 1. The standard InChI is InChI=1S/C19H24N8O3/c1-6-18(22-21-14(3)15(4)23-30-11-10-20)29-12-16-13(2)8-7-9-17(16)27-19(28)26(5)24-25-27/h7-9H,6,11-12H2,1-5H3/b21-14+,22-18-,23-15+. The number of hydrogen-bond acceptors (Lipinski definition) is 9. The fraction of sp³-hybridized carbons (Fsp3) is 0.421. The van der Waals surface area contributed by atoms with Crippen LogP contribution in [0.15, 0.2) is 38.4 Å². The van der Waals surface area contributed by atoms with Gasteiger partial charge in [0.25, 0.3) is 0 Å². The van der Waals surface area contributed by atoms with E-state index in [1.807, 2.05) is 32.0 Å². The second kappa shape index (κ2) is 10.7. The minimum absolute atomic E-state index is 0.134. The molecule has 0 aliphatic carbocycles. The van der Waals surface area contributed by atoms with E-state index < -0.39 is 0 Å². The van der Waals surface area contributed by atoms with Crippen LogP contribution in [0.25, 0.3) is 5.69 Å². The molecule has 11 nitrogen and oxygen atoms in total. The summed E-state index contributed by atoms with van der Waals surface area (Å²) in [7, 11) is 1.54. The lowest BCUT2D eigenvalue weighted by Gasteiger charge is -2.13. The molecule has 30 heavy (non-hydrogen) atoms. The van der Waals surface area contributed by atoms with Crippen molar-refractivity contribution >= 4 is 17.3 Å². The average molecular weight is 412 g/mol. The fourth-order valence-corrected chi connectivity index (χ4v) is 2.32. The van der Waals surface area contributed by atoms with Crippen LogP contribution in [0, 0.1) is 18.3 Å². The van der Waals surface area contributed by atoms with Gasteiger partial charge in [-0.1, -0.05) is 24.2 Å². The third-order valence-corrected chi connectivity index (χ3v) is 4.19. The quantitative estimate of drug-likeness (QED) is 0.281. The summed E-state index contributed by atoms with van der Waals surface area (Å²) in [5.74, 6) is 0.417. The molecule has 2 rings (SSSR count). The van der Waals surface area contributed by atoms with E-state index >= 15 is 0 Å². The van der Waals surface area contributed by atoms with Crippen LogP contribution in [0.4, 0.5) is 0 Å². The van der Waals surface area contributed by atoms with E-state index in [0.29, 0.717) is 29.4 Å². The fourth-order valence-electron chi connectivity index (χ4n) is 2.32. The predicted octanol–water partition coefficient (Wildman–Crippen LogP) is 1.89. The third kappa shape index (κ3) is 5.60. The number of aromatic nitrogens is 4. The molecular formula is C19H24N8O3. The van der Waals surface area contributed by atoms with Crippen molar-refractivity contribution in [2.75, 3.05) is 6.61 Å². The Morgan fingerprint density at radius 2 is 2.00 bits per heavy atom. The third-order valence-electron chi connectivity index (χ3n) is 4.19. The zero-order chi connectivity index (χ0) is 22.1. The Labute approximate surface area is 173 Å². The minimum Gasteiger partial charge on any atom is -0.475 e. The van der Waals surface area contributed by atoms with Gasteiger partial charge in [-0.2, -0.15) is 19.7 Å². The highest BCUT2D eigenvalue weighted by Crippen LogP contribution is 2.18. The summed E-state index contributed by atoms with van der Waals surface area (Å²) in [4.78, 5) is 17.1. The Morgan fingerprint density at radius 1 is 1.23 bits per heavy atom. The van der Waals surface area contributed by atoms with Crippen molar-refractivity contribution in [3.05, 3.63) is 39.8 Å². The van der Waals surface area contributed by atoms with Gasteiger partial charge < -0.3 is 9.57 Å². The Hall–Kier alpha value is -3.81. The summed E-state index contributed by atoms with van der Waals surface area (Å²) in [6, 6.07) is 7.39. The summed E-state index contributed by atoms with van der Waals surface area (Å²) in [6.07, 6.45) is 0.518. The normalized spacial score (nSPS) is 12.6. The largest absolute Gasteiger partial charge is 0.475 e. The molecule has 0 fully saturated rings. The first-order chi connectivity index (χ1) is 14.4. The molecular weight excluding hydrogens is 388 g/mol. The summed E-state index contributed by atoms with van der Waals surface area (Å²) in [6.45, 7) is 7.31. The van der Waals surface area contributed by atoms with E-state index in [4.69, 9.17) is 14.8 Å². The van der Waals surface area contributed by atoms with E-state index in [1.165, 1.54) is 11.7 Å². The molecule has 11 heteroatoms. The maximum Gasteiger partial charge on any atom is 0.368 e. The molecule has 1 heterocycles. The van der Waals surface area contributed by atoms with E-state index in [0.717, 1.165) is 15.8 Å². The van der Waals surface area contributed by atoms with Crippen LogP contribution in [0.3, 0.4) is 0 Å². The van der Waals surface area contributed by atoms with Gasteiger partial charge in [-0.25, -0.2) is 4.79 Å². The van der Waals surface area contributed by atoms with Crippen LogP contribution in [0.2, 0.25) is 0 Å². The van der Waals surface area contributed by atoms with Crippen LogP contribution in [-0.4, -0.2) is 43.7 Å². The molecule has 0 bridgehead atoms. The molecule has 2 aromatic rings. The number of ether oxygens (including phenoxy) is 1. The van der Waals surface area contributed by atoms with Crippen LogP contribution < -0.4 is 5.69 Å². The zero-order valence-electron chi connectivity index (χ0n) is 17.7. The topological polar surface area (TPSA) is 132 Å². The smallest absolute Gasteiger partial charge is 0.368 e. The first kappa shape index (κ1) is 22.5. The molecule has 0 saturated carbocycles. The van der Waals surface area contributed by atoms with E-state index in [9.17, 15) is 4.79 Å². The number of oxime groups is 1. The van der Waals surface area contributed by atoms with Crippen molar-refractivity contribution in [1.29, 1.82) is 5.26 Å². The molecule has 0 N–H and O–H groups in total. The summed E-state index contributed by atoms with van der Waals surface area (Å²) in [5, 5.41) is 28.2. The van der Waals surface area contributed by atoms with Crippen molar-refractivity contribution in [1.82, 2.24) is 19.8 Å². The first-order valence-corrected chi connectivity index (χ1v) is 9.24. The molecule has 0 unspecified atom stereocenters. The number of nitriles is 1. The SMILES string of the molecule is CC/C(=N/N=C(C)/C(C)=N/OCC#N)OCc1c(C)cccc1-n1nnn(C)c1=O. The highest BCUT2D eigenvalue weighted by Gasteiger charge is 2.14. The molecule has 0 amide bonds. The van der Waals surface area contributed by atoms with Crippen LogP contribution in [0.5, 0.6) is 0 Å². The summed E-state index contributed by atoms with van der Waals surface area (Å²) in [5.41, 5.74) is 3.03. The Bertz CT molecular complexity index is 1070. The van der Waals surface area contributed by atoms with E-state index in [1.54, 1.807) is 19.9 Å². The van der Waals surface area contributed by atoms with E-state index in [-0.39, 0.29) is 18.9 Å². The molecule has 1 aromatic carbocycles. The van der Waals surface area contributed by atoms with Crippen molar-refractivity contribution in [2.45, 2.75) is 40.7 Å². The number of aryl methyl sites for hydroxylation is 2. The van der Waals surface area contributed by atoms with Gasteiger partial charge in [-0.15, -0.1) is 5.10 Å². The highest BCUT2D eigenvalue weighted by molar-refractivity contribution is 6.40. The molecule has 0 aliphatic rings. The molecule has 0 spiro atoms.